The highest BCUT2D eigenvalue weighted by atomic mass is 32.1. The Labute approximate surface area is 123 Å². The predicted octanol–water partition coefficient (Wildman–Crippen LogP) is 1.97. The molecule has 0 amide bonds. The Balaban J connectivity index is 1.69. The van der Waals surface area contributed by atoms with E-state index in [0.29, 0.717) is 0 Å². The zero-order chi connectivity index (χ0) is 14.1. The Bertz CT molecular complexity index is 577. The van der Waals surface area contributed by atoms with Gasteiger partial charge < -0.3 is 5.11 Å². The Morgan fingerprint density at radius 3 is 2.95 bits per heavy atom. The first-order valence-corrected chi connectivity index (χ1v) is 7.88. The van der Waals surface area contributed by atoms with Crippen molar-refractivity contribution >= 4 is 11.3 Å². The van der Waals surface area contributed by atoms with Crippen LogP contribution in [0.1, 0.15) is 21.7 Å². The van der Waals surface area contributed by atoms with Crippen LogP contribution in [0.5, 0.6) is 0 Å². The third-order valence-corrected chi connectivity index (χ3v) is 4.97. The lowest BCUT2D eigenvalue weighted by Gasteiger charge is -2.25. The van der Waals surface area contributed by atoms with Crippen molar-refractivity contribution in [2.75, 3.05) is 6.54 Å². The summed E-state index contributed by atoms with van der Waals surface area (Å²) < 4.78 is 1.82. The van der Waals surface area contributed by atoms with Gasteiger partial charge in [0, 0.05) is 42.1 Å². The maximum atomic E-state index is 10.2. The molecular formula is C15H21N3OS. The van der Waals surface area contributed by atoms with Crippen LogP contribution in [0.25, 0.3) is 0 Å². The molecule has 108 valence electrons. The lowest BCUT2D eigenvalue weighted by atomic mass is 10.0. The summed E-state index contributed by atoms with van der Waals surface area (Å²) in [5, 5.41) is 14.5. The van der Waals surface area contributed by atoms with Crippen LogP contribution in [0.4, 0.5) is 0 Å². The van der Waals surface area contributed by atoms with E-state index in [1.165, 1.54) is 15.3 Å². The fourth-order valence-electron chi connectivity index (χ4n) is 2.95. The lowest BCUT2D eigenvalue weighted by Crippen LogP contribution is -2.36. The number of rotatable bonds is 4. The molecule has 3 heterocycles. The van der Waals surface area contributed by atoms with Crippen molar-refractivity contribution in [3.63, 3.8) is 0 Å². The molecule has 1 N–H and O–H groups in total. The molecule has 4 nitrogen and oxygen atoms in total. The van der Waals surface area contributed by atoms with E-state index in [2.05, 4.69) is 29.1 Å². The molecule has 3 rings (SSSR count). The first-order chi connectivity index (χ1) is 9.61. The smallest absolute Gasteiger partial charge is 0.0711 e. The number of likely N-dealkylation sites (tertiary alicyclic amines) is 1. The molecule has 2 aromatic rings. The van der Waals surface area contributed by atoms with Crippen LogP contribution in [0.2, 0.25) is 0 Å². The van der Waals surface area contributed by atoms with Crippen molar-refractivity contribution < 1.29 is 5.11 Å². The maximum absolute atomic E-state index is 10.2. The van der Waals surface area contributed by atoms with Crippen molar-refractivity contribution in [3.05, 3.63) is 39.8 Å². The van der Waals surface area contributed by atoms with Crippen molar-refractivity contribution in [1.82, 2.24) is 14.7 Å². The summed E-state index contributed by atoms with van der Waals surface area (Å²) in [5.41, 5.74) is 1.20. The van der Waals surface area contributed by atoms with E-state index in [1.54, 1.807) is 0 Å². The number of aliphatic hydroxyl groups is 1. The molecule has 0 unspecified atom stereocenters. The number of nitrogens with zero attached hydrogens (tertiary/aromatic N) is 3. The monoisotopic (exact) mass is 291 g/mol. The second-order valence-electron chi connectivity index (χ2n) is 5.63. The Kier molecular flexibility index (Phi) is 3.92. The molecule has 1 aliphatic rings. The third-order valence-electron chi connectivity index (χ3n) is 3.98. The number of aliphatic hydroxyl groups excluding tert-OH is 1. The predicted molar refractivity (Wildman–Crippen MR) is 80.8 cm³/mol. The molecule has 0 aliphatic carbocycles. The van der Waals surface area contributed by atoms with Gasteiger partial charge in [-0.3, -0.25) is 9.58 Å². The van der Waals surface area contributed by atoms with Crippen molar-refractivity contribution in [2.24, 2.45) is 7.05 Å². The summed E-state index contributed by atoms with van der Waals surface area (Å²) in [4.78, 5) is 5.14. The van der Waals surface area contributed by atoms with E-state index in [9.17, 15) is 5.11 Å². The standard InChI is InChI=1S/C15H21N3OS/c1-11-3-4-13(20-11)10-18-6-5-15(19)14(18)7-12-8-16-17(2)9-12/h3-4,8-9,14-15,19H,5-7,10H2,1-2H3/t14-,15+/m1/s1. The van der Waals surface area contributed by atoms with E-state index >= 15 is 0 Å². The summed E-state index contributed by atoms with van der Waals surface area (Å²) >= 11 is 1.85. The van der Waals surface area contributed by atoms with Gasteiger partial charge in [0.25, 0.3) is 0 Å². The topological polar surface area (TPSA) is 41.3 Å². The van der Waals surface area contributed by atoms with Crippen LogP contribution in [-0.2, 0) is 20.0 Å². The fraction of sp³-hybridized carbons (Fsp3) is 0.533. The zero-order valence-corrected chi connectivity index (χ0v) is 12.8. The van der Waals surface area contributed by atoms with Crippen molar-refractivity contribution in [2.45, 2.75) is 38.5 Å². The molecule has 0 aromatic carbocycles. The van der Waals surface area contributed by atoms with Crippen LogP contribution in [-0.4, -0.2) is 38.5 Å². The van der Waals surface area contributed by atoms with Crippen LogP contribution < -0.4 is 0 Å². The summed E-state index contributed by atoms with van der Waals surface area (Å²) in [6.45, 7) is 4.06. The lowest BCUT2D eigenvalue weighted by molar-refractivity contribution is 0.113. The molecule has 1 aliphatic heterocycles. The van der Waals surface area contributed by atoms with Gasteiger partial charge in [-0.15, -0.1) is 11.3 Å². The number of hydrogen-bond acceptors (Lipinski definition) is 4. The second-order valence-corrected chi connectivity index (χ2v) is 7.01. The van der Waals surface area contributed by atoms with E-state index in [1.807, 2.05) is 35.5 Å². The van der Waals surface area contributed by atoms with Crippen molar-refractivity contribution in [3.8, 4) is 0 Å². The van der Waals surface area contributed by atoms with Gasteiger partial charge in [-0.1, -0.05) is 0 Å². The molecule has 20 heavy (non-hydrogen) atoms. The largest absolute Gasteiger partial charge is 0.391 e. The van der Waals surface area contributed by atoms with Crippen molar-refractivity contribution in [1.29, 1.82) is 0 Å². The Morgan fingerprint density at radius 2 is 2.30 bits per heavy atom. The van der Waals surface area contributed by atoms with Crippen LogP contribution in [0, 0.1) is 6.92 Å². The highest BCUT2D eigenvalue weighted by Gasteiger charge is 2.33. The maximum Gasteiger partial charge on any atom is 0.0711 e. The van der Waals surface area contributed by atoms with Crippen LogP contribution in [0.3, 0.4) is 0 Å². The van der Waals surface area contributed by atoms with Gasteiger partial charge in [-0.05, 0) is 37.5 Å². The molecule has 2 atom stereocenters. The van der Waals surface area contributed by atoms with Gasteiger partial charge in [0.1, 0.15) is 0 Å². The zero-order valence-electron chi connectivity index (χ0n) is 12.0. The highest BCUT2D eigenvalue weighted by molar-refractivity contribution is 7.11. The minimum absolute atomic E-state index is 0.210. The average Bonchev–Trinajstić information content (AvgIpc) is 3.08. The van der Waals surface area contributed by atoms with Crippen LogP contribution >= 0.6 is 11.3 Å². The second kappa shape index (κ2) is 5.68. The highest BCUT2D eigenvalue weighted by Crippen LogP contribution is 2.26. The van der Waals surface area contributed by atoms with E-state index < -0.39 is 0 Å². The quantitative estimate of drug-likeness (QED) is 0.936. The fourth-order valence-corrected chi connectivity index (χ4v) is 3.87. The van der Waals surface area contributed by atoms with E-state index in [4.69, 9.17) is 0 Å². The van der Waals surface area contributed by atoms with Gasteiger partial charge in [0.05, 0.1) is 12.3 Å². The summed E-state index contributed by atoms with van der Waals surface area (Å²) in [6.07, 6.45) is 5.46. The third kappa shape index (κ3) is 2.95. The number of hydrogen-bond donors (Lipinski definition) is 1. The van der Waals surface area contributed by atoms with E-state index in [-0.39, 0.29) is 12.1 Å². The summed E-state index contributed by atoms with van der Waals surface area (Å²) in [7, 11) is 1.93. The van der Waals surface area contributed by atoms with Gasteiger partial charge in [0.15, 0.2) is 0 Å². The molecule has 5 heteroatoms. The first kappa shape index (κ1) is 13.8. The Hall–Kier alpha value is -1.17. The van der Waals surface area contributed by atoms with E-state index in [0.717, 1.165) is 25.9 Å². The number of aromatic nitrogens is 2. The molecule has 0 bridgehead atoms. The average molecular weight is 291 g/mol. The number of aryl methyl sites for hydroxylation is 2. The number of thiophene rings is 1. The molecule has 0 saturated carbocycles. The molecule has 0 radical (unpaired) electrons. The molecular weight excluding hydrogens is 270 g/mol. The van der Waals surface area contributed by atoms with Gasteiger partial charge in [-0.2, -0.15) is 5.10 Å². The molecule has 1 saturated heterocycles. The minimum atomic E-state index is -0.226. The van der Waals surface area contributed by atoms with Gasteiger partial charge in [-0.25, -0.2) is 0 Å². The normalized spacial score (nSPS) is 23.6. The van der Waals surface area contributed by atoms with Gasteiger partial charge >= 0.3 is 0 Å². The molecule has 2 aromatic heterocycles. The minimum Gasteiger partial charge on any atom is -0.391 e. The Morgan fingerprint density at radius 1 is 1.45 bits per heavy atom. The molecule has 0 spiro atoms. The van der Waals surface area contributed by atoms with Crippen LogP contribution in [0.15, 0.2) is 24.5 Å². The first-order valence-electron chi connectivity index (χ1n) is 7.07. The van der Waals surface area contributed by atoms with Gasteiger partial charge in [0.2, 0.25) is 0 Å². The summed E-state index contributed by atoms with van der Waals surface area (Å²) in [6, 6.07) is 4.58. The summed E-state index contributed by atoms with van der Waals surface area (Å²) in [5.74, 6) is 0. The SMILES string of the molecule is Cc1ccc(CN2CC[C@H](O)[C@H]2Cc2cnn(C)c2)s1. The molecule has 1 fully saturated rings.